The molecule has 1 nitrogen and oxygen atoms in total. The highest BCUT2D eigenvalue weighted by atomic mass is 35.5. The maximum atomic E-state index is 13.6. The highest BCUT2D eigenvalue weighted by Gasteiger charge is 2.07. The number of nitrogens with zero attached hydrogens (tertiary/aromatic N) is 1. The van der Waals surface area contributed by atoms with Crippen molar-refractivity contribution in [3.63, 3.8) is 0 Å². The maximum Gasteiger partial charge on any atom is 0.128 e. The Morgan fingerprint density at radius 1 is 1.06 bits per heavy atom. The summed E-state index contributed by atoms with van der Waals surface area (Å²) in [5.74, 6) is -0.951. The van der Waals surface area contributed by atoms with Gasteiger partial charge in [0.2, 0.25) is 0 Å². The van der Waals surface area contributed by atoms with Crippen LogP contribution in [-0.2, 0) is 6.42 Å². The van der Waals surface area contributed by atoms with Crippen molar-refractivity contribution in [3.8, 4) is 17.2 Å². The first kappa shape index (κ1) is 12.5. The normalized spacial score (nSPS) is 10.1. The molecular weight excluding hydrogens is 256 g/mol. The lowest BCUT2D eigenvalue weighted by molar-refractivity contribution is 0.615. The van der Waals surface area contributed by atoms with Gasteiger partial charge >= 0.3 is 0 Å². The maximum absolute atomic E-state index is 13.6. The molecule has 0 atom stereocenters. The fourth-order valence-corrected chi connectivity index (χ4v) is 1.90. The average Bonchev–Trinajstić information content (AvgIpc) is 2.30. The highest BCUT2D eigenvalue weighted by Crippen LogP contribution is 2.26. The molecule has 0 aliphatic heterocycles. The van der Waals surface area contributed by atoms with E-state index in [0.29, 0.717) is 16.7 Å². The Kier molecular flexibility index (Phi) is 3.59. The van der Waals surface area contributed by atoms with Crippen molar-refractivity contribution < 1.29 is 8.78 Å². The van der Waals surface area contributed by atoms with Gasteiger partial charge in [-0.3, -0.25) is 0 Å². The molecule has 0 spiro atoms. The lowest BCUT2D eigenvalue weighted by atomic mass is 10.0. The van der Waals surface area contributed by atoms with E-state index in [1.165, 1.54) is 24.3 Å². The molecule has 0 bridgehead atoms. The van der Waals surface area contributed by atoms with Crippen LogP contribution < -0.4 is 0 Å². The molecule has 0 unspecified atom stereocenters. The summed E-state index contributed by atoms with van der Waals surface area (Å²) in [6.45, 7) is 0. The lowest BCUT2D eigenvalue weighted by Gasteiger charge is -2.05. The van der Waals surface area contributed by atoms with E-state index in [1.54, 1.807) is 12.1 Å². The Bertz CT molecular complexity index is 612. The van der Waals surface area contributed by atoms with Crippen molar-refractivity contribution >= 4 is 11.6 Å². The van der Waals surface area contributed by atoms with Gasteiger partial charge in [-0.1, -0.05) is 23.7 Å². The Morgan fingerprint density at radius 2 is 1.83 bits per heavy atom. The number of halogens is 3. The third kappa shape index (κ3) is 2.66. The summed E-state index contributed by atoms with van der Waals surface area (Å²) in [6.07, 6.45) is 0.00994. The van der Waals surface area contributed by atoms with Gasteiger partial charge in [0.05, 0.1) is 12.5 Å². The van der Waals surface area contributed by atoms with Crippen LogP contribution in [0, 0.1) is 23.0 Å². The number of hydrogen-bond donors (Lipinski definition) is 0. The minimum atomic E-state index is -0.477. The van der Waals surface area contributed by atoms with E-state index in [2.05, 4.69) is 0 Å². The summed E-state index contributed by atoms with van der Waals surface area (Å²) >= 11 is 5.74. The van der Waals surface area contributed by atoms with E-state index < -0.39 is 11.6 Å². The molecule has 0 aliphatic carbocycles. The molecule has 4 heteroatoms. The average molecular weight is 264 g/mol. The van der Waals surface area contributed by atoms with Crippen molar-refractivity contribution in [1.82, 2.24) is 0 Å². The van der Waals surface area contributed by atoms with Gasteiger partial charge in [0.25, 0.3) is 0 Å². The summed E-state index contributed by atoms with van der Waals surface area (Å²) in [5.41, 5.74) is 1.35. The molecule has 0 amide bonds. The Balaban J connectivity index is 2.46. The van der Waals surface area contributed by atoms with Gasteiger partial charge < -0.3 is 0 Å². The van der Waals surface area contributed by atoms with Gasteiger partial charge in [-0.05, 0) is 35.4 Å². The second kappa shape index (κ2) is 5.16. The Hall–Kier alpha value is -1.92. The molecule has 90 valence electrons. The van der Waals surface area contributed by atoms with Crippen LogP contribution in [0.4, 0.5) is 8.78 Å². The fourth-order valence-electron chi connectivity index (χ4n) is 1.68. The van der Waals surface area contributed by atoms with E-state index in [-0.39, 0.29) is 11.4 Å². The zero-order valence-electron chi connectivity index (χ0n) is 9.25. The molecule has 0 saturated carbocycles. The van der Waals surface area contributed by atoms with E-state index in [1.807, 2.05) is 6.07 Å². The van der Waals surface area contributed by atoms with Crippen molar-refractivity contribution in [1.29, 1.82) is 5.26 Å². The second-order valence-corrected chi connectivity index (χ2v) is 4.24. The van der Waals surface area contributed by atoms with E-state index in [9.17, 15) is 8.78 Å². The largest absolute Gasteiger partial charge is 0.207 e. The molecule has 0 fully saturated rings. The molecule has 0 radical (unpaired) electrons. The monoisotopic (exact) mass is 263 g/mol. The SMILES string of the molecule is N#CCc1ccc(-c2cc(F)cc(Cl)c2)cc1F. The van der Waals surface area contributed by atoms with Crippen LogP contribution in [0.1, 0.15) is 5.56 Å². The van der Waals surface area contributed by atoms with E-state index in [0.717, 1.165) is 0 Å². The molecular formula is C14H8ClF2N. The van der Waals surface area contributed by atoms with Gasteiger partial charge in [0.15, 0.2) is 0 Å². The van der Waals surface area contributed by atoms with Crippen LogP contribution >= 0.6 is 11.6 Å². The van der Waals surface area contributed by atoms with Crippen molar-refractivity contribution in [2.24, 2.45) is 0 Å². The summed E-state index contributed by atoms with van der Waals surface area (Å²) < 4.78 is 26.8. The zero-order chi connectivity index (χ0) is 13.1. The lowest BCUT2D eigenvalue weighted by Crippen LogP contribution is -1.90. The van der Waals surface area contributed by atoms with Crippen LogP contribution in [0.25, 0.3) is 11.1 Å². The van der Waals surface area contributed by atoms with Gasteiger partial charge in [0, 0.05) is 10.6 Å². The van der Waals surface area contributed by atoms with E-state index >= 15 is 0 Å². The van der Waals surface area contributed by atoms with Crippen LogP contribution in [0.5, 0.6) is 0 Å². The third-order valence-electron chi connectivity index (χ3n) is 2.52. The molecule has 0 N–H and O–H groups in total. The number of rotatable bonds is 2. The molecule has 0 saturated heterocycles. The van der Waals surface area contributed by atoms with Crippen LogP contribution in [0.2, 0.25) is 5.02 Å². The van der Waals surface area contributed by atoms with Gasteiger partial charge in [-0.25, -0.2) is 8.78 Å². The summed E-state index contributed by atoms with van der Waals surface area (Å²) in [7, 11) is 0. The number of benzene rings is 2. The minimum absolute atomic E-state index is 0.00994. The smallest absolute Gasteiger partial charge is 0.128 e. The second-order valence-electron chi connectivity index (χ2n) is 3.80. The first-order valence-electron chi connectivity index (χ1n) is 5.22. The number of hydrogen-bond acceptors (Lipinski definition) is 1. The predicted molar refractivity (Wildman–Crippen MR) is 66.1 cm³/mol. The molecule has 2 aromatic rings. The minimum Gasteiger partial charge on any atom is -0.207 e. The zero-order valence-corrected chi connectivity index (χ0v) is 10.0. The predicted octanol–water partition coefficient (Wildman–Crippen LogP) is 4.35. The summed E-state index contributed by atoms with van der Waals surface area (Å²) in [4.78, 5) is 0. The fraction of sp³-hybridized carbons (Fsp3) is 0.0714. The highest BCUT2D eigenvalue weighted by molar-refractivity contribution is 6.30. The Labute approximate surface area is 108 Å². The van der Waals surface area contributed by atoms with Gasteiger partial charge in [-0.15, -0.1) is 0 Å². The van der Waals surface area contributed by atoms with Crippen molar-refractivity contribution in [2.45, 2.75) is 6.42 Å². The molecule has 2 aromatic carbocycles. The van der Waals surface area contributed by atoms with Crippen LogP contribution in [0.15, 0.2) is 36.4 Å². The standard InChI is InChI=1S/C14H8ClF2N/c15-12-5-11(6-13(16)8-12)10-2-1-9(3-4-18)14(17)7-10/h1-2,5-8H,3H2. The molecule has 0 aromatic heterocycles. The topological polar surface area (TPSA) is 23.8 Å². The molecule has 18 heavy (non-hydrogen) atoms. The van der Waals surface area contributed by atoms with Crippen LogP contribution in [0.3, 0.4) is 0 Å². The van der Waals surface area contributed by atoms with Crippen molar-refractivity contribution in [3.05, 3.63) is 58.6 Å². The molecule has 2 rings (SSSR count). The number of nitriles is 1. The quantitative estimate of drug-likeness (QED) is 0.790. The van der Waals surface area contributed by atoms with E-state index in [4.69, 9.17) is 16.9 Å². The molecule has 0 aliphatic rings. The Morgan fingerprint density at radius 3 is 2.44 bits per heavy atom. The first-order valence-corrected chi connectivity index (χ1v) is 5.60. The van der Waals surface area contributed by atoms with Gasteiger partial charge in [0.1, 0.15) is 11.6 Å². The molecule has 0 heterocycles. The van der Waals surface area contributed by atoms with Gasteiger partial charge in [-0.2, -0.15) is 5.26 Å². The van der Waals surface area contributed by atoms with Crippen LogP contribution in [-0.4, -0.2) is 0 Å². The first-order chi connectivity index (χ1) is 8.60. The summed E-state index contributed by atoms with van der Waals surface area (Å²) in [6, 6.07) is 10.3. The third-order valence-corrected chi connectivity index (χ3v) is 2.74. The van der Waals surface area contributed by atoms with Crippen molar-refractivity contribution in [2.75, 3.05) is 0 Å². The summed E-state index contributed by atoms with van der Waals surface area (Å²) in [5, 5.41) is 8.78.